The Kier molecular flexibility index (Phi) is 4.40. The Balaban J connectivity index is 1.65. The van der Waals surface area contributed by atoms with Gasteiger partial charge in [-0.05, 0) is 39.2 Å². The van der Waals surface area contributed by atoms with Crippen LogP contribution in [-0.4, -0.2) is 49.7 Å². The normalized spacial score (nSPS) is 32.6. The van der Waals surface area contributed by atoms with Crippen LogP contribution in [0.2, 0.25) is 0 Å². The molecular weight excluding hydrogens is 216 g/mol. The largest absolute Gasteiger partial charge is 0.378 e. The summed E-state index contributed by atoms with van der Waals surface area (Å²) in [5.41, 5.74) is 0. The highest BCUT2D eigenvalue weighted by atomic mass is 16.5. The summed E-state index contributed by atoms with van der Waals surface area (Å²) in [6.45, 7) is 4.63. The molecule has 4 nitrogen and oxygen atoms in total. The molecule has 1 atom stereocenters. The highest BCUT2D eigenvalue weighted by Gasteiger charge is 2.33. The van der Waals surface area contributed by atoms with E-state index in [1.54, 1.807) is 0 Å². The lowest BCUT2D eigenvalue weighted by Crippen LogP contribution is -2.38. The highest BCUT2D eigenvalue weighted by molar-refractivity contribution is 5.77. The van der Waals surface area contributed by atoms with Crippen LogP contribution < -0.4 is 5.32 Å². The first kappa shape index (κ1) is 12.8. The summed E-state index contributed by atoms with van der Waals surface area (Å²) in [7, 11) is 1.97. The molecule has 0 bridgehead atoms. The van der Waals surface area contributed by atoms with Crippen LogP contribution in [0.5, 0.6) is 0 Å². The van der Waals surface area contributed by atoms with E-state index in [1.165, 1.54) is 0 Å². The number of ether oxygens (including phenoxy) is 1. The van der Waals surface area contributed by atoms with Gasteiger partial charge in [0.05, 0.1) is 6.10 Å². The Morgan fingerprint density at radius 1 is 1.47 bits per heavy atom. The van der Waals surface area contributed by atoms with Crippen molar-refractivity contribution in [2.75, 3.05) is 26.7 Å². The van der Waals surface area contributed by atoms with Crippen LogP contribution in [0, 0.1) is 5.92 Å². The molecule has 1 heterocycles. The Labute approximate surface area is 104 Å². The molecule has 1 aliphatic heterocycles. The van der Waals surface area contributed by atoms with Crippen molar-refractivity contribution in [1.82, 2.24) is 10.2 Å². The molecule has 4 heteroatoms. The maximum Gasteiger partial charge on any atom is 0.222 e. The van der Waals surface area contributed by atoms with Gasteiger partial charge in [0.1, 0.15) is 0 Å². The molecule has 17 heavy (non-hydrogen) atoms. The summed E-state index contributed by atoms with van der Waals surface area (Å²) in [5.74, 6) is 0.899. The van der Waals surface area contributed by atoms with E-state index in [4.69, 9.17) is 4.74 Å². The summed E-state index contributed by atoms with van der Waals surface area (Å²) in [6, 6.07) is 0.497. The summed E-state index contributed by atoms with van der Waals surface area (Å²) >= 11 is 0. The van der Waals surface area contributed by atoms with Gasteiger partial charge in [-0.15, -0.1) is 0 Å². The van der Waals surface area contributed by atoms with E-state index in [-0.39, 0.29) is 0 Å². The van der Waals surface area contributed by atoms with Crippen LogP contribution in [-0.2, 0) is 9.53 Å². The lowest BCUT2D eigenvalue weighted by atomic mass is 9.80. The predicted molar refractivity (Wildman–Crippen MR) is 66.8 cm³/mol. The van der Waals surface area contributed by atoms with E-state index in [1.807, 2.05) is 18.9 Å². The van der Waals surface area contributed by atoms with Crippen molar-refractivity contribution < 1.29 is 9.53 Å². The Bertz CT molecular complexity index is 264. The smallest absolute Gasteiger partial charge is 0.222 e. The van der Waals surface area contributed by atoms with Gasteiger partial charge in [0.2, 0.25) is 5.91 Å². The Hall–Kier alpha value is -0.610. The number of carbonyl (C=O) groups is 1. The van der Waals surface area contributed by atoms with Crippen molar-refractivity contribution in [3.63, 3.8) is 0 Å². The molecule has 0 aromatic carbocycles. The number of nitrogens with zero attached hydrogens (tertiary/aromatic N) is 1. The van der Waals surface area contributed by atoms with Crippen LogP contribution in [0.3, 0.4) is 0 Å². The van der Waals surface area contributed by atoms with Gasteiger partial charge in [0, 0.05) is 32.2 Å². The number of amides is 1. The third-order valence-corrected chi connectivity index (χ3v) is 4.01. The molecular formula is C13H24N2O2. The minimum Gasteiger partial charge on any atom is -0.378 e. The fourth-order valence-corrected chi connectivity index (χ4v) is 2.81. The molecule has 2 fully saturated rings. The third kappa shape index (κ3) is 3.19. The van der Waals surface area contributed by atoms with Crippen molar-refractivity contribution >= 4 is 5.91 Å². The molecule has 0 aromatic rings. The van der Waals surface area contributed by atoms with Crippen molar-refractivity contribution in [3.8, 4) is 0 Å². The van der Waals surface area contributed by atoms with E-state index in [2.05, 4.69) is 5.32 Å². The van der Waals surface area contributed by atoms with Gasteiger partial charge in [-0.1, -0.05) is 0 Å². The molecule has 1 saturated heterocycles. The van der Waals surface area contributed by atoms with Gasteiger partial charge in [-0.3, -0.25) is 4.79 Å². The molecule has 0 spiro atoms. The highest BCUT2D eigenvalue weighted by Crippen LogP contribution is 2.33. The first-order valence-electron chi connectivity index (χ1n) is 6.79. The molecule has 1 N–H and O–H groups in total. The second-order valence-corrected chi connectivity index (χ2v) is 5.23. The minimum absolute atomic E-state index is 0.336. The van der Waals surface area contributed by atoms with Crippen molar-refractivity contribution in [2.45, 2.75) is 44.8 Å². The monoisotopic (exact) mass is 240 g/mol. The number of rotatable bonds is 5. The fourth-order valence-electron chi connectivity index (χ4n) is 2.81. The fraction of sp³-hybridized carbons (Fsp3) is 0.923. The third-order valence-electron chi connectivity index (χ3n) is 4.01. The molecule has 0 aromatic heterocycles. The van der Waals surface area contributed by atoms with Crippen molar-refractivity contribution in [1.29, 1.82) is 0 Å². The number of nitrogens with one attached hydrogen (secondary N) is 1. The Morgan fingerprint density at radius 2 is 2.24 bits per heavy atom. The van der Waals surface area contributed by atoms with Crippen LogP contribution in [0.4, 0.5) is 0 Å². The first-order valence-corrected chi connectivity index (χ1v) is 6.79. The molecule has 98 valence electrons. The Morgan fingerprint density at radius 3 is 2.82 bits per heavy atom. The van der Waals surface area contributed by atoms with Gasteiger partial charge in [-0.2, -0.15) is 0 Å². The molecule has 2 rings (SSSR count). The zero-order valence-corrected chi connectivity index (χ0v) is 10.9. The number of hydrogen-bond donors (Lipinski definition) is 1. The quantitative estimate of drug-likeness (QED) is 0.780. The van der Waals surface area contributed by atoms with E-state index < -0.39 is 0 Å². The number of likely N-dealkylation sites (tertiary alicyclic amines) is 1. The summed E-state index contributed by atoms with van der Waals surface area (Å²) in [4.78, 5) is 14.0. The zero-order chi connectivity index (χ0) is 12.3. The topological polar surface area (TPSA) is 41.6 Å². The SMILES string of the molecule is CCOC1CC(CC(=O)N2CCC(NC)C2)C1. The molecule has 1 aliphatic carbocycles. The van der Waals surface area contributed by atoms with E-state index in [0.29, 0.717) is 24.0 Å². The van der Waals surface area contributed by atoms with Gasteiger partial charge in [0.15, 0.2) is 0 Å². The molecule has 0 radical (unpaired) electrons. The lowest BCUT2D eigenvalue weighted by molar-refractivity contribution is -0.133. The average Bonchev–Trinajstić information content (AvgIpc) is 2.74. The van der Waals surface area contributed by atoms with Crippen LogP contribution >= 0.6 is 0 Å². The van der Waals surface area contributed by atoms with E-state index in [0.717, 1.165) is 45.4 Å². The van der Waals surface area contributed by atoms with Gasteiger partial charge < -0.3 is 15.0 Å². The van der Waals surface area contributed by atoms with Crippen LogP contribution in [0.25, 0.3) is 0 Å². The van der Waals surface area contributed by atoms with Crippen LogP contribution in [0.1, 0.15) is 32.6 Å². The van der Waals surface area contributed by atoms with E-state index >= 15 is 0 Å². The minimum atomic E-state index is 0.336. The first-order chi connectivity index (χ1) is 8.22. The number of carbonyl (C=O) groups excluding carboxylic acids is 1. The van der Waals surface area contributed by atoms with Crippen molar-refractivity contribution in [3.05, 3.63) is 0 Å². The second-order valence-electron chi connectivity index (χ2n) is 5.23. The predicted octanol–water partition coefficient (Wildman–Crippen LogP) is 1.01. The standard InChI is InChI=1S/C13H24N2O2/c1-3-17-12-6-10(7-12)8-13(16)15-5-4-11(9-15)14-2/h10-12,14H,3-9H2,1-2H3. The molecule has 1 amide bonds. The molecule has 2 aliphatic rings. The zero-order valence-electron chi connectivity index (χ0n) is 10.9. The van der Waals surface area contributed by atoms with Gasteiger partial charge in [-0.25, -0.2) is 0 Å². The lowest BCUT2D eigenvalue weighted by Gasteiger charge is -2.35. The molecule has 1 unspecified atom stereocenters. The average molecular weight is 240 g/mol. The number of hydrogen-bond acceptors (Lipinski definition) is 3. The summed E-state index contributed by atoms with van der Waals surface area (Å²) in [5, 5.41) is 3.24. The van der Waals surface area contributed by atoms with Gasteiger partial charge >= 0.3 is 0 Å². The van der Waals surface area contributed by atoms with Crippen molar-refractivity contribution in [2.24, 2.45) is 5.92 Å². The number of likely N-dealkylation sites (N-methyl/N-ethyl adjacent to an activating group) is 1. The van der Waals surface area contributed by atoms with E-state index in [9.17, 15) is 4.79 Å². The molecule has 1 saturated carbocycles. The summed E-state index contributed by atoms with van der Waals surface area (Å²) in [6.07, 6.45) is 4.38. The maximum atomic E-state index is 12.0. The van der Waals surface area contributed by atoms with Crippen LogP contribution in [0.15, 0.2) is 0 Å². The summed E-state index contributed by atoms with van der Waals surface area (Å²) < 4.78 is 5.51. The maximum absolute atomic E-state index is 12.0. The second kappa shape index (κ2) is 5.83. The van der Waals surface area contributed by atoms with Gasteiger partial charge in [0.25, 0.3) is 0 Å².